The Morgan fingerprint density at radius 1 is 0.955 bits per heavy atom. The van der Waals surface area contributed by atoms with Crippen LogP contribution >= 0.6 is 0 Å². The molecule has 3 saturated carbocycles. The summed E-state index contributed by atoms with van der Waals surface area (Å²) in [5.41, 5.74) is 3.69. The SMILES string of the molecule is COc1ccc(C2CCC(CN(C(=O)C3CCC(COC(=O)O)CC3)c3cc(-c4coc(C5CC5)n4)ccn3)CC2)nc1C. The van der Waals surface area contributed by atoms with E-state index >= 15 is 0 Å². The molecule has 0 radical (unpaired) electrons. The second-order valence-corrected chi connectivity index (χ2v) is 12.7. The molecule has 0 unspecified atom stereocenters. The maximum absolute atomic E-state index is 14.2. The number of ether oxygens (including phenoxy) is 2. The number of pyridine rings is 2. The standard InChI is InChI=1S/C34H42N4O6/c1-21-30(42-2)14-13-28(36-21)24-7-3-22(4-8-24)18-38(33(39)26-9-5-23(6-10-26)19-44-34(40)41)31-17-27(15-16-35-31)29-20-43-32(37-29)25-11-12-25/h13-17,20,22-26H,3-12,18-19H2,1-2H3,(H,40,41). The van der Waals surface area contributed by atoms with Crippen molar-refractivity contribution in [2.75, 3.05) is 25.2 Å². The molecule has 0 atom stereocenters. The number of methoxy groups -OCH3 is 1. The van der Waals surface area contributed by atoms with Crippen molar-refractivity contribution in [3.8, 4) is 17.0 Å². The molecule has 3 aromatic heterocycles. The van der Waals surface area contributed by atoms with Crippen LogP contribution in [0, 0.1) is 24.7 Å². The molecule has 3 heterocycles. The number of carboxylic acid groups (broad SMARTS) is 1. The fourth-order valence-corrected chi connectivity index (χ4v) is 6.86. The molecule has 10 nitrogen and oxygen atoms in total. The number of rotatable bonds is 10. The van der Waals surface area contributed by atoms with Crippen LogP contribution in [0.1, 0.15) is 93.3 Å². The van der Waals surface area contributed by atoms with E-state index < -0.39 is 6.16 Å². The zero-order valence-electron chi connectivity index (χ0n) is 25.6. The molecule has 6 rings (SSSR count). The zero-order chi connectivity index (χ0) is 30.6. The van der Waals surface area contributed by atoms with E-state index in [2.05, 4.69) is 6.07 Å². The first-order valence-electron chi connectivity index (χ1n) is 16.0. The van der Waals surface area contributed by atoms with Gasteiger partial charge in [-0.15, -0.1) is 0 Å². The lowest BCUT2D eigenvalue weighted by Gasteiger charge is -2.35. The predicted molar refractivity (Wildman–Crippen MR) is 164 cm³/mol. The number of hydrogen-bond donors (Lipinski definition) is 1. The summed E-state index contributed by atoms with van der Waals surface area (Å²) in [4.78, 5) is 41.2. The van der Waals surface area contributed by atoms with Crippen LogP contribution in [0.25, 0.3) is 11.3 Å². The van der Waals surface area contributed by atoms with Gasteiger partial charge < -0.3 is 19.0 Å². The molecule has 0 bridgehead atoms. The maximum atomic E-state index is 14.2. The van der Waals surface area contributed by atoms with E-state index in [9.17, 15) is 9.59 Å². The van der Waals surface area contributed by atoms with Crippen molar-refractivity contribution < 1.29 is 28.6 Å². The number of oxazole rings is 1. The molecule has 44 heavy (non-hydrogen) atoms. The normalized spacial score (nSPS) is 23.6. The molecule has 1 amide bonds. The average molecular weight is 603 g/mol. The first-order valence-corrected chi connectivity index (χ1v) is 16.0. The van der Waals surface area contributed by atoms with Crippen LogP contribution < -0.4 is 9.64 Å². The monoisotopic (exact) mass is 602 g/mol. The summed E-state index contributed by atoms with van der Waals surface area (Å²) in [6.45, 7) is 2.79. The molecular weight excluding hydrogens is 560 g/mol. The molecule has 3 fully saturated rings. The van der Waals surface area contributed by atoms with Gasteiger partial charge in [-0.05, 0) is 107 Å². The first kappa shape index (κ1) is 30.1. The summed E-state index contributed by atoms with van der Waals surface area (Å²) in [6.07, 6.45) is 11.5. The zero-order valence-corrected chi connectivity index (χ0v) is 25.6. The fraction of sp³-hybridized carbons (Fsp3) is 0.559. The lowest BCUT2D eigenvalue weighted by molar-refractivity contribution is -0.124. The number of aromatic nitrogens is 3. The Balaban J connectivity index is 1.17. The van der Waals surface area contributed by atoms with Crippen LogP contribution in [-0.4, -0.2) is 52.4 Å². The third-order valence-electron chi connectivity index (χ3n) is 9.66. The van der Waals surface area contributed by atoms with Gasteiger partial charge in [0.1, 0.15) is 23.5 Å². The molecule has 0 aromatic carbocycles. The Kier molecular flexibility index (Phi) is 9.14. The van der Waals surface area contributed by atoms with Crippen molar-refractivity contribution in [1.82, 2.24) is 15.0 Å². The number of anilines is 1. The second kappa shape index (κ2) is 13.4. The summed E-state index contributed by atoms with van der Waals surface area (Å²) in [7, 11) is 1.67. The van der Waals surface area contributed by atoms with Crippen molar-refractivity contribution in [3.05, 3.63) is 54.0 Å². The van der Waals surface area contributed by atoms with Gasteiger partial charge in [0.15, 0.2) is 5.89 Å². The molecule has 3 aliphatic rings. The number of amides is 1. The maximum Gasteiger partial charge on any atom is 0.505 e. The third-order valence-corrected chi connectivity index (χ3v) is 9.66. The Morgan fingerprint density at radius 3 is 2.36 bits per heavy atom. The van der Waals surface area contributed by atoms with E-state index in [-0.39, 0.29) is 24.3 Å². The van der Waals surface area contributed by atoms with E-state index in [1.54, 1.807) is 19.6 Å². The van der Waals surface area contributed by atoms with Gasteiger partial charge in [0.25, 0.3) is 0 Å². The summed E-state index contributed by atoms with van der Waals surface area (Å²) < 4.78 is 16.0. The second-order valence-electron chi connectivity index (χ2n) is 12.7. The van der Waals surface area contributed by atoms with Gasteiger partial charge >= 0.3 is 6.16 Å². The van der Waals surface area contributed by atoms with E-state index in [4.69, 9.17) is 33.9 Å². The highest BCUT2D eigenvalue weighted by atomic mass is 16.7. The molecule has 0 spiro atoms. The van der Waals surface area contributed by atoms with Crippen LogP contribution in [0.3, 0.4) is 0 Å². The number of hydrogen-bond acceptors (Lipinski definition) is 8. The smallest absolute Gasteiger partial charge is 0.495 e. The third kappa shape index (κ3) is 7.05. The molecule has 0 aliphatic heterocycles. The molecule has 1 N–H and O–H groups in total. The molecule has 234 valence electrons. The highest BCUT2D eigenvalue weighted by Crippen LogP contribution is 2.41. The van der Waals surface area contributed by atoms with Crippen molar-refractivity contribution in [3.63, 3.8) is 0 Å². The topological polar surface area (TPSA) is 128 Å². The van der Waals surface area contributed by atoms with Gasteiger partial charge in [-0.1, -0.05) is 0 Å². The first-order chi connectivity index (χ1) is 21.4. The van der Waals surface area contributed by atoms with E-state index in [0.717, 1.165) is 85.7 Å². The van der Waals surface area contributed by atoms with Crippen LogP contribution in [0.4, 0.5) is 10.6 Å². The van der Waals surface area contributed by atoms with Gasteiger partial charge in [0, 0.05) is 41.8 Å². The Hall–Kier alpha value is -3.95. The number of carbonyl (C=O) groups is 2. The minimum Gasteiger partial charge on any atom is -0.495 e. The lowest BCUT2D eigenvalue weighted by Crippen LogP contribution is -2.42. The van der Waals surface area contributed by atoms with Crippen LogP contribution in [0.2, 0.25) is 0 Å². The van der Waals surface area contributed by atoms with E-state index in [0.29, 0.717) is 43.0 Å². The van der Waals surface area contributed by atoms with E-state index in [1.165, 1.54) is 0 Å². The highest BCUT2D eigenvalue weighted by molar-refractivity contribution is 5.94. The molecule has 3 aliphatic carbocycles. The van der Waals surface area contributed by atoms with Crippen molar-refractivity contribution in [1.29, 1.82) is 0 Å². The minimum atomic E-state index is -1.25. The number of carbonyl (C=O) groups excluding carboxylic acids is 1. The molecule has 3 aromatic rings. The molecular formula is C34H42N4O6. The van der Waals surface area contributed by atoms with Crippen molar-refractivity contribution in [2.45, 2.75) is 83.0 Å². The minimum absolute atomic E-state index is 0.0978. The summed E-state index contributed by atoms with van der Waals surface area (Å²) in [5.74, 6) is 3.55. The van der Waals surface area contributed by atoms with Gasteiger partial charge in [-0.3, -0.25) is 14.7 Å². The van der Waals surface area contributed by atoms with Gasteiger partial charge in [-0.25, -0.2) is 14.8 Å². The van der Waals surface area contributed by atoms with Crippen LogP contribution in [0.15, 0.2) is 41.1 Å². The number of aryl methyl sites for hydroxylation is 1. The molecule has 10 heteroatoms. The van der Waals surface area contributed by atoms with Gasteiger partial charge in [0.2, 0.25) is 5.91 Å². The van der Waals surface area contributed by atoms with Gasteiger partial charge in [-0.2, -0.15) is 0 Å². The Bertz CT molecular complexity index is 1450. The van der Waals surface area contributed by atoms with Crippen molar-refractivity contribution in [2.24, 2.45) is 17.8 Å². The fourth-order valence-electron chi connectivity index (χ4n) is 6.86. The summed E-state index contributed by atoms with van der Waals surface area (Å²) in [6, 6.07) is 7.98. The van der Waals surface area contributed by atoms with Gasteiger partial charge in [0.05, 0.1) is 19.4 Å². The quantitative estimate of drug-likeness (QED) is 0.241. The van der Waals surface area contributed by atoms with E-state index in [1.807, 2.05) is 30.0 Å². The largest absolute Gasteiger partial charge is 0.505 e. The predicted octanol–water partition coefficient (Wildman–Crippen LogP) is 7.13. The van der Waals surface area contributed by atoms with Crippen LogP contribution in [-0.2, 0) is 9.53 Å². The number of nitrogens with zero attached hydrogens (tertiary/aromatic N) is 4. The lowest BCUT2D eigenvalue weighted by atomic mass is 9.79. The summed E-state index contributed by atoms with van der Waals surface area (Å²) in [5, 5.41) is 8.88. The highest BCUT2D eigenvalue weighted by Gasteiger charge is 2.34. The summed E-state index contributed by atoms with van der Waals surface area (Å²) >= 11 is 0. The molecule has 0 saturated heterocycles. The Morgan fingerprint density at radius 2 is 1.68 bits per heavy atom. The average Bonchev–Trinajstić information content (AvgIpc) is 3.78. The Labute approximate surface area is 258 Å². The van der Waals surface area contributed by atoms with Crippen LogP contribution in [0.5, 0.6) is 5.75 Å². The van der Waals surface area contributed by atoms with Crippen molar-refractivity contribution >= 4 is 17.9 Å².